The van der Waals surface area contributed by atoms with E-state index in [4.69, 9.17) is 14.2 Å². The first kappa shape index (κ1) is 22.8. The van der Waals surface area contributed by atoms with Crippen LogP contribution in [0.2, 0.25) is 0 Å². The van der Waals surface area contributed by atoms with Gasteiger partial charge in [0.05, 0.1) is 25.4 Å². The molecule has 1 saturated heterocycles. The molecule has 4 rings (SSSR count). The van der Waals surface area contributed by atoms with Gasteiger partial charge >= 0.3 is 6.09 Å². The van der Waals surface area contributed by atoms with E-state index >= 15 is 0 Å². The SMILES string of the molecule is COc1ccc(CN2C(=O)CCc3c(OCOC(=O)N4CCC(O)CC4)ccc(F)c32)cc1. The summed E-state index contributed by atoms with van der Waals surface area (Å²) in [5.74, 6) is 0.387. The van der Waals surface area contributed by atoms with E-state index in [9.17, 15) is 19.1 Å². The molecule has 0 bridgehead atoms. The van der Waals surface area contributed by atoms with Crippen molar-refractivity contribution in [1.82, 2.24) is 4.90 Å². The first-order valence-electron chi connectivity index (χ1n) is 10.9. The third kappa shape index (κ3) is 5.19. The first-order valence-corrected chi connectivity index (χ1v) is 10.9. The molecule has 0 saturated carbocycles. The molecule has 0 aliphatic carbocycles. The van der Waals surface area contributed by atoms with Gasteiger partial charge in [0.15, 0.2) is 0 Å². The largest absolute Gasteiger partial charge is 0.497 e. The number of ether oxygens (including phenoxy) is 3. The predicted molar refractivity (Wildman–Crippen MR) is 118 cm³/mol. The normalized spacial score (nSPS) is 16.4. The van der Waals surface area contributed by atoms with Crippen molar-refractivity contribution in [3.8, 4) is 11.5 Å². The molecule has 0 spiro atoms. The molecule has 9 heteroatoms. The van der Waals surface area contributed by atoms with Crippen molar-refractivity contribution in [2.75, 3.05) is 31.9 Å². The molecular formula is C24H27FN2O6. The molecule has 2 aliphatic heterocycles. The number of carbonyl (C=O) groups is 2. The second kappa shape index (κ2) is 10.1. The number of hydrogen-bond donors (Lipinski definition) is 1. The Kier molecular flexibility index (Phi) is 6.98. The van der Waals surface area contributed by atoms with Gasteiger partial charge in [0.25, 0.3) is 0 Å². The smallest absolute Gasteiger partial charge is 0.412 e. The zero-order valence-electron chi connectivity index (χ0n) is 18.5. The minimum Gasteiger partial charge on any atom is -0.497 e. The number of rotatable bonds is 6. The van der Waals surface area contributed by atoms with Crippen LogP contribution >= 0.6 is 0 Å². The van der Waals surface area contributed by atoms with Crippen molar-refractivity contribution in [3.05, 3.63) is 53.3 Å². The molecule has 33 heavy (non-hydrogen) atoms. The van der Waals surface area contributed by atoms with E-state index in [-0.39, 0.29) is 37.5 Å². The molecular weight excluding hydrogens is 431 g/mol. The van der Waals surface area contributed by atoms with Crippen molar-refractivity contribution >= 4 is 17.7 Å². The zero-order valence-corrected chi connectivity index (χ0v) is 18.5. The van der Waals surface area contributed by atoms with Crippen molar-refractivity contribution < 1.29 is 33.3 Å². The molecule has 1 fully saturated rings. The Labute approximate surface area is 191 Å². The molecule has 0 unspecified atom stereocenters. The molecule has 0 radical (unpaired) electrons. The van der Waals surface area contributed by atoms with Gasteiger partial charge in [0.1, 0.15) is 17.3 Å². The van der Waals surface area contributed by atoms with Crippen molar-refractivity contribution in [3.63, 3.8) is 0 Å². The van der Waals surface area contributed by atoms with Crippen molar-refractivity contribution in [2.45, 2.75) is 38.3 Å². The number of halogens is 1. The van der Waals surface area contributed by atoms with Gasteiger partial charge in [-0.15, -0.1) is 0 Å². The highest BCUT2D eigenvalue weighted by Crippen LogP contribution is 2.38. The number of likely N-dealkylation sites (tertiary alicyclic amines) is 1. The van der Waals surface area contributed by atoms with Gasteiger partial charge in [-0.25, -0.2) is 9.18 Å². The van der Waals surface area contributed by atoms with E-state index in [2.05, 4.69) is 0 Å². The Morgan fingerprint density at radius 2 is 1.85 bits per heavy atom. The number of hydrogen-bond acceptors (Lipinski definition) is 6. The standard InChI is InChI=1S/C24H27FN2O6/c1-31-18-4-2-16(3-5-18)14-27-22(29)9-6-19-21(8-7-20(25)23(19)27)32-15-33-24(30)26-12-10-17(28)11-13-26/h2-5,7-8,17,28H,6,9-15H2,1H3. The molecule has 1 N–H and O–H groups in total. The van der Waals surface area contributed by atoms with E-state index in [1.54, 1.807) is 19.2 Å². The van der Waals surface area contributed by atoms with Crippen molar-refractivity contribution in [1.29, 1.82) is 0 Å². The van der Waals surface area contributed by atoms with Crippen LogP contribution in [-0.2, 0) is 22.5 Å². The number of carbonyl (C=O) groups excluding carboxylic acids is 2. The lowest BCUT2D eigenvalue weighted by Gasteiger charge is -2.31. The second-order valence-corrected chi connectivity index (χ2v) is 8.09. The van der Waals surface area contributed by atoms with Crippen LogP contribution in [0.4, 0.5) is 14.9 Å². The number of benzene rings is 2. The fourth-order valence-corrected chi connectivity index (χ4v) is 4.11. The molecule has 2 aliphatic rings. The quantitative estimate of drug-likeness (QED) is 0.669. The van der Waals surface area contributed by atoms with E-state index < -0.39 is 11.9 Å². The van der Waals surface area contributed by atoms with Gasteiger partial charge in [-0.3, -0.25) is 4.79 Å². The third-order valence-corrected chi connectivity index (χ3v) is 5.97. The van der Waals surface area contributed by atoms with E-state index in [0.29, 0.717) is 49.4 Å². The molecule has 2 heterocycles. The lowest BCUT2D eigenvalue weighted by Crippen LogP contribution is -2.40. The second-order valence-electron chi connectivity index (χ2n) is 8.09. The van der Waals surface area contributed by atoms with Crippen molar-refractivity contribution in [2.24, 2.45) is 0 Å². The molecule has 8 nitrogen and oxygen atoms in total. The van der Waals surface area contributed by atoms with E-state index in [0.717, 1.165) is 5.56 Å². The third-order valence-electron chi connectivity index (χ3n) is 5.97. The summed E-state index contributed by atoms with van der Waals surface area (Å²) >= 11 is 0. The minimum absolute atomic E-state index is 0.173. The minimum atomic E-state index is -0.519. The number of aliphatic hydroxyl groups is 1. The zero-order chi connectivity index (χ0) is 23.4. The van der Waals surface area contributed by atoms with Gasteiger partial charge < -0.3 is 29.1 Å². The lowest BCUT2D eigenvalue weighted by molar-refractivity contribution is -0.119. The highest BCUT2D eigenvalue weighted by Gasteiger charge is 2.30. The van der Waals surface area contributed by atoms with E-state index in [1.807, 2.05) is 12.1 Å². The molecule has 2 amide bonds. The van der Waals surface area contributed by atoms with Crippen LogP contribution in [0.1, 0.15) is 30.4 Å². The Balaban J connectivity index is 1.45. The highest BCUT2D eigenvalue weighted by atomic mass is 19.1. The number of methoxy groups -OCH3 is 1. The summed E-state index contributed by atoms with van der Waals surface area (Å²) in [5, 5.41) is 9.56. The predicted octanol–water partition coefficient (Wildman–Crippen LogP) is 3.24. The van der Waals surface area contributed by atoms with Crippen LogP contribution in [-0.4, -0.2) is 55.1 Å². The van der Waals surface area contributed by atoms with Gasteiger partial charge in [-0.05, 0) is 49.1 Å². The lowest BCUT2D eigenvalue weighted by atomic mass is 9.98. The number of anilines is 1. The van der Waals surface area contributed by atoms with Crippen LogP contribution in [0.25, 0.3) is 0 Å². The fraction of sp³-hybridized carbons (Fsp3) is 0.417. The summed E-state index contributed by atoms with van der Waals surface area (Å²) in [7, 11) is 1.57. The molecule has 2 aromatic rings. The van der Waals surface area contributed by atoms with Gasteiger partial charge in [0.2, 0.25) is 12.7 Å². The fourth-order valence-electron chi connectivity index (χ4n) is 4.11. The molecule has 0 atom stereocenters. The monoisotopic (exact) mass is 458 g/mol. The Hall–Kier alpha value is -3.33. The van der Waals surface area contributed by atoms with Gasteiger partial charge in [-0.1, -0.05) is 12.1 Å². The number of piperidine rings is 1. The molecule has 176 valence electrons. The summed E-state index contributed by atoms with van der Waals surface area (Å²) in [6.07, 6.45) is 0.671. The van der Waals surface area contributed by atoms with E-state index in [1.165, 1.54) is 21.9 Å². The molecule has 2 aromatic carbocycles. The number of amides is 2. The average Bonchev–Trinajstić information content (AvgIpc) is 2.83. The first-order chi connectivity index (χ1) is 16.0. The molecule has 0 aromatic heterocycles. The van der Waals surface area contributed by atoms with Gasteiger partial charge in [0, 0.05) is 25.1 Å². The maximum atomic E-state index is 14.8. The summed E-state index contributed by atoms with van der Waals surface area (Å²) in [4.78, 5) is 27.8. The van der Waals surface area contributed by atoms with Crippen LogP contribution in [0, 0.1) is 5.82 Å². The topological polar surface area (TPSA) is 88.5 Å². The Morgan fingerprint density at radius 1 is 1.12 bits per heavy atom. The van der Waals surface area contributed by atoms with Gasteiger partial charge in [-0.2, -0.15) is 0 Å². The summed E-state index contributed by atoms with van der Waals surface area (Å²) in [6.45, 7) is 0.733. The van der Waals surface area contributed by atoms with Crippen LogP contribution in [0.15, 0.2) is 36.4 Å². The van der Waals surface area contributed by atoms with Crippen LogP contribution in [0.3, 0.4) is 0 Å². The highest BCUT2D eigenvalue weighted by molar-refractivity contribution is 5.97. The number of nitrogens with zero attached hydrogens (tertiary/aromatic N) is 2. The average molecular weight is 458 g/mol. The Bertz CT molecular complexity index is 1000. The number of fused-ring (bicyclic) bond motifs is 1. The van der Waals surface area contributed by atoms with Crippen LogP contribution in [0.5, 0.6) is 11.5 Å². The number of aliphatic hydroxyl groups excluding tert-OH is 1. The summed E-state index contributed by atoms with van der Waals surface area (Å²) in [5.41, 5.74) is 1.60. The maximum Gasteiger partial charge on any atom is 0.412 e. The summed E-state index contributed by atoms with van der Waals surface area (Å²) < 4.78 is 30.9. The summed E-state index contributed by atoms with van der Waals surface area (Å²) in [6, 6.07) is 9.98. The van der Waals surface area contributed by atoms with Crippen LogP contribution < -0.4 is 14.4 Å². The Morgan fingerprint density at radius 3 is 2.55 bits per heavy atom. The maximum absolute atomic E-state index is 14.8.